The van der Waals surface area contributed by atoms with Crippen LogP contribution in [0.2, 0.25) is 0 Å². The molecule has 0 spiro atoms. The third-order valence-electron chi connectivity index (χ3n) is 4.33. The van der Waals surface area contributed by atoms with Gasteiger partial charge >= 0.3 is 0 Å². The zero-order valence-corrected chi connectivity index (χ0v) is 15.2. The Kier molecular flexibility index (Phi) is 5.27. The highest BCUT2D eigenvalue weighted by Crippen LogP contribution is 2.22. The van der Waals surface area contributed by atoms with Gasteiger partial charge in [0.15, 0.2) is 0 Å². The first kappa shape index (κ1) is 17.6. The Bertz CT molecular complexity index is 899. The minimum Gasteiger partial charge on any atom is -0.348 e. The number of rotatable bonds is 5. The minimum atomic E-state index is -0.188. The number of hydrogen-bond donors (Lipinski definition) is 2. The zero-order chi connectivity index (χ0) is 18.5. The Morgan fingerprint density at radius 1 is 0.885 bits per heavy atom. The molecule has 0 saturated carbocycles. The first-order valence-electron chi connectivity index (χ1n) is 8.52. The minimum absolute atomic E-state index is 0.188. The molecule has 0 atom stereocenters. The molecule has 3 rings (SSSR count). The lowest BCUT2D eigenvalue weighted by Crippen LogP contribution is -2.23. The van der Waals surface area contributed by atoms with Crippen LogP contribution in [-0.4, -0.2) is 15.9 Å². The molecule has 0 aliphatic carbocycles. The molecule has 0 bridgehead atoms. The Morgan fingerprint density at radius 3 is 2.15 bits per heavy atom. The van der Waals surface area contributed by atoms with Gasteiger partial charge < -0.3 is 10.6 Å². The molecule has 0 saturated heterocycles. The summed E-state index contributed by atoms with van der Waals surface area (Å²) in [6, 6.07) is 14.0. The van der Waals surface area contributed by atoms with E-state index in [1.165, 1.54) is 12.4 Å². The molecule has 132 valence electrons. The average molecular weight is 346 g/mol. The lowest BCUT2D eigenvalue weighted by atomic mass is 10.1. The molecule has 0 aliphatic heterocycles. The van der Waals surface area contributed by atoms with E-state index in [2.05, 4.69) is 20.6 Å². The molecule has 5 nitrogen and oxygen atoms in total. The summed E-state index contributed by atoms with van der Waals surface area (Å²) in [4.78, 5) is 20.8. The Labute approximate surface area is 153 Å². The summed E-state index contributed by atoms with van der Waals surface area (Å²) in [5, 5.41) is 6.12. The van der Waals surface area contributed by atoms with E-state index in [4.69, 9.17) is 0 Å². The van der Waals surface area contributed by atoms with Crippen molar-refractivity contribution >= 4 is 17.5 Å². The Morgan fingerprint density at radius 2 is 1.50 bits per heavy atom. The van der Waals surface area contributed by atoms with Gasteiger partial charge in [-0.3, -0.25) is 4.79 Å². The number of carbonyl (C=O) groups is 1. The lowest BCUT2D eigenvalue weighted by molar-refractivity contribution is 0.0950. The van der Waals surface area contributed by atoms with Crippen molar-refractivity contribution in [1.29, 1.82) is 0 Å². The summed E-state index contributed by atoms with van der Waals surface area (Å²) in [5.74, 6) is 0.282. The standard InChI is InChI=1S/C21H22N4O/c1-14-7-4-5-10-17(14)11-22-20(26)18-12-23-21(24-13-18)25-19-15(2)8-6-9-16(19)3/h4-10,12-13H,11H2,1-3H3,(H,22,26)(H,23,24,25). The summed E-state index contributed by atoms with van der Waals surface area (Å²) in [6.45, 7) is 6.57. The normalized spacial score (nSPS) is 10.4. The highest BCUT2D eigenvalue weighted by atomic mass is 16.1. The Balaban J connectivity index is 1.65. The van der Waals surface area contributed by atoms with Crippen LogP contribution in [0.25, 0.3) is 0 Å². The largest absolute Gasteiger partial charge is 0.348 e. The van der Waals surface area contributed by atoms with Crippen LogP contribution in [0.5, 0.6) is 0 Å². The SMILES string of the molecule is Cc1ccccc1CNC(=O)c1cnc(Nc2c(C)cccc2C)nc1. The van der Waals surface area contributed by atoms with Crippen LogP contribution in [0.1, 0.15) is 32.6 Å². The van der Waals surface area contributed by atoms with E-state index in [0.29, 0.717) is 18.1 Å². The monoisotopic (exact) mass is 346 g/mol. The van der Waals surface area contributed by atoms with Crippen molar-refractivity contribution in [3.63, 3.8) is 0 Å². The zero-order valence-electron chi connectivity index (χ0n) is 15.2. The van der Waals surface area contributed by atoms with Gasteiger partial charge in [0, 0.05) is 24.6 Å². The molecule has 1 aromatic heterocycles. The van der Waals surface area contributed by atoms with E-state index in [9.17, 15) is 4.79 Å². The maximum absolute atomic E-state index is 12.3. The van der Waals surface area contributed by atoms with Crippen molar-refractivity contribution < 1.29 is 4.79 Å². The van der Waals surface area contributed by atoms with Crippen LogP contribution in [0, 0.1) is 20.8 Å². The summed E-state index contributed by atoms with van der Waals surface area (Å²) >= 11 is 0. The van der Waals surface area contributed by atoms with Crippen LogP contribution in [0.4, 0.5) is 11.6 Å². The molecule has 5 heteroatoms. The molecule has 1 amide bonds. The molecule has 2 N–H and O–H groups in total. The lowest BCUT2D eigenvalue weighted by Gasteiger charge is -2.11. The van der Waals surface area contributed by atoms with Gasteiger partial charge in [0.05, 0.1) is 5.56 Å². The quantitative estimate of drug-likeness (QED) is 0.731. The van der Waals surface area contributed by atoms with E-state index in [1.807, 2.05) is 63.2 Å². The van der Waals surface area contributed by atoms with Gasteiger partial charge in [-0.1, -0.05) is 42.5 Å². The summed E-state index contributed by atoms with van der Waals surface area (Å²) in [6.07, 6.45) is 3.08. The van der Waals surface area contributed by atoms with Crippen LogP contribution in [0.3, 0.4) is 0 Å². The van der Waals surface area contributed by atoms with E-state index < -0.39 is 0 Å². The van der Waals surface area contributed by atoms with Crippen molar-refractivity contribution in [1.82, 2.24) is 15.3 Å². The topological polar surface area (TPSA) is 66.9 Å². The number of benzene rings is 2. The van der Waals surface area contributed by atoms with Crippen molar-refractivity contribution in [3.8, 4) is 0 Å². The number of para-hydroxylation sites is 1. The van der Waals surface area contributed by atoms with Crippen LogP contribution in [0.15, 0.2) is 54.9 Å². The van der Waals surface area contributed by atoms with Crippen LogP contribution >= 0.6 is 0 Å². The summed E-state index contributed by atoms with van der Waals surface area (Å²) < 4.78 is 0. The van der Waals surface area contributed by atoms with E-state index >= 15 is 0 Å². The highest BCUT2D eigenvalue weighted by Gasteiger charge is 2.09. The average Bonchev–Trinajstić information content (AvgIpc) is 2.64. The molecule has 0 unspecified atom stereocenters. The molecule has 1 heterocycles. The molecule has 3 aromatic rings. The number of amides is 1. The van der Waals surface area contributed by atoms with Crippen molar-refractivity contribution in [2.75, 3.05) is 5.32 Å². The Hall–Kier alpha value is -3.21. The first-order valence-corrected chi connectivity index (χ1v) is 8.52. The second kappa shape index (κ2) is 7.78. The number of anilines is 2. The predicted molar refractivity (Wildman–Crippen MR) is 104 cm³/mol. The second-order valence-corrected chi connectivity index (χ2v) is 6.30. The maximum atomic E-state index is 12.3. The van der Waals surface area contributed by atoms with E-state index in [1.54, 1.807) is 0 Å². The van der Waals surface area contributed by atoms with E-state index in [0.717, 1.165) is 27.9 Å². The number of nitrogens with zero attached hydrogens (tertiary/aromatic N) is 2. The molecule has 2 aromatic carbocycles. The third kappa shape index (κ3) is 4.06. The number of aromatic nitrogens is 2. The fourth-order valence-corrected chi connectivity index (χ4v) is 2.72. The number of carbonyl (C=O) groups excluding carboxylic acids is 1. The smallest absolute Gasteiger partial charge is 0.254 e. The first-order chi connectivity index (χ1) is 12.5. The summed E-state index contributed by atoms with van der Waals surface area (Å²) in [7, 11) is 0. The van der Waals surface area contributed by atoms with Crippen LogP contribution in [-0.2, 0) is 6.54 Å². The fraction of sp³-hybridized carbons (Fsp3) is 0.190. The number of hydrogen-bond acceptors (Lipinski definition) is 4. The van der Waals surface area contributed by atoms with Gasteiger partial charge in [0.2, 0.25) is 5.95 Å². The molecule has 0 aliphatic rings. The molecule has 0 radical (unpaired) electrons. The third-order valence-corrected chi connectivity index (χ3v) is 4.33. The van der Waals surface area contributed by atoms with E-state index in [-0.39, 0.29) is 5.91 Å². The van der Waals surface area contributed by atoms with Crippen molar-refractivity contribution in [2.24, 2.45) is 0 Å². The van der Waals surface area contributed by atoms with Gasteiger partial charge in [0.1, 0.15) is 0 Å². The predicted octanol–water partition coefficient (Wildman–Crippen LogP) is 4.08. The summed E-state index contributed by atoms with van der Waals surface area (Å²) in [5.41, 5.74) is 5.91. The van der Waals surface area contributed by atoms with Crippen molar-refractivity contribution in [2.45, 2.75) is 27.3 Å². The van der Waals surface area contributed by atoms with Gasteiger partial charge in [-0.2, -0.15) is 0 Å². The molecule has 26 heavy (non-hydrogen) atoms. The second-order valence-electron chi connectivity index (χ2n) is 6.30. The van der Waals surface area contributed by atoms with Gasteiger partial charge in [-0.05, 0) is 43.0 Å². The molecular weight excluding hydrogens is 324 g/mol. The number of nitrogens with one attached hydrogen (secondary N) is 2. The van der Waals surface area contributed by atoms with Gasteiger partial charge in [-0.15, -0.1) is 0 Å². The highest BCUT2D eigenvalue weighted by molar-refractivity contribution is 5.93. The number of aryl methyl sites for hydroxylation is 3. The van der Waals surface area contributed by atoms with Crippen LogP contribution < -0.4 is 10.6 Å². The van der Waals surface area contributed by atoms with Crippen molar-refractivity contribution in [3.05, 3.63) is 82.7 Å². The molecule has 0 fully saturated rings. The molecular formula is C21H22N4O. The van der Waals surface area contributed by atoms with Gasteiger partial charge in [0.25, 0.3) is 5.91 Å². The fourth-order valence-electron chi connectivity index (χ4n) is 2.72. The maximum Gasteiger partial charge on any atom is 0.254 e. The van der Waals surface area contributed by atoms with Gasteiger partial charge in [-0.25, -0.2) is 9.97 Å².